The van der Waals surface area contributed by atoms with Gasteiger partial charge in [-0.05, 0) is 12.0 Å². The zero-order valence-electron chi connectivity index (χ0n) is 12.7. The molecule has 0 N–H and O–H groups in total. The Morgan fingerprint density at radius 2 is 2.22 bits per heavy atom. The van der Waals surface area contributed by atoms with E-state index in [2.05, 4.69) is 11.1 Å². The van der Waals surface area contributed by atoms with Crippen LogP contribution in [0.5, 0.6) is 5.88 Å². The molecule has 120 valence electrons. The maximum Gasteiger partial charge on any atom is 0.351 e. The topological polar surface area (TPSA) is 62.6 Å². The van der Waals surface area contributed by atoms with E-state index in [1.165, 1.54) is 5.56 Å². The van der Waals surface area contributed by atoms with E-state index in [1.54, 1.807) is 4.57 Å². The van der Waals surface area contributed by atoms with Gasteiger partial charge in [-0.15, -0.1) is 0 Å². The second-order valence-corrected chi connectivity index (χ2v) is 5.70. The lowest BCUT2D eigenvalue weighted by molar-refractivity contribution is -0.102. The molecular weight excluding hydrogens is 296 g/mol. The Balaban J connectivity index is 1.61. The number of rotatable bonds is 3. The molecule has 1 aromatic carbocycles. The maximum absolute atomic E-state index is 12.3. The molecule has 1 fully saturated rings. The number of hydrogen-bond acceptors (Lipinski definition) is 5. The van der Waals surface area contributed by atoms with E-state index in [0.717, 1.165) is 17.7 Å². The number of hydrogen-bond donors (Lipinski definition) is 0. The van der Waals surface area contributed by atoms with Gasteiger partial charge in [0.15, 0.2) is 0 Å². The molecule has 6 heteroatoms. The Morgan fingerprint density at radius 3 is 3.09 bits per heavy atom. The lowest BCUT2D eigenvalue weighted by atomic mass is 9.98. The second kappa shape index (κ2) is 6.14. The largest absolute Gasteiger partial charge is 0.475 e. The quantitative estimate of drug-likeness (QED) is 0.853. The van der Waals surface area contributed by atoms with Gasteiger partial charge in [0.2, 0.25) is 5.88 Å². The second-order valence-electron chi connectivity index (χ2n) is 5.70. The van der Waals surface area contributed by atoms with E-state index in [1.807, 2.05) is 24.3 Å². The van der Waals surface area contributed by atoms with Crippen LogP contribution in [0.1, 0.15) is 5.56 Å². The van der Waals surface area contributed by atoms with Crippen molar-refractivity contribution in [3.8, 4) is 17.1 Å². The monoisotopic (exact) mass is 314 g/mol. The Morgan fingerprint density at radius 1 is 1.30 bits per heavy atom. The van der Waals surface area contributed by atoms with Crippen molar-refractivity contribution in [2.24, 2.45) is 0 Å². The molecule has 0 saturated carbocycles. The van der Waals surface area contributed by atoms with Gasteiger partial charge in [0.25, 0.3) is 0 Å². The van der Waals surface area contributed by atoms with Crippen LogP contribution in [0.4, 0.5) is 0 Å². The van der Waals surface area contributed by atoms with Gasteiger partial charge in [-0.3, -0.25) is 4.57 Å². The molecule has 0 spiro atoms. The van der Waals surface area contributed by atoms with Crippen molar-refractivity contribution in [2.75, 3.05) is 26.4 Å². The lowest BCUT2D eigenvalue weighted by Crippen LogP contribution is -2.34. The Labute approximate surface area is 133 Å². The molecule has 6 nitrogen and oxygen atoms in total. The summed E-state index contributed by atoms with van der Waals surface area (Å²) in [5.74, 6) is 0.340. The highest BCUT2D eigenvalue weighted by atomic mass is 16.6. The molecule has 23 heavy (non-hydrogen) atoms. The van der Waals surface area contributed by atoms with Crippen LogP contribution in [0.15, 0.2) is 35.1 Å². The van der Waals surface area contributed by atoms with Gasteiger partial charge in [0, 0.05) is 18.2 Å². The van der Waals surface area contributed by atoms with Gasteiger partial charge in [-0.2, -0.15) is 4.98 Å². The summed E-state index contributed by atoms with van der Waals surface area (Å²) in [7, 11) is 0. The summed E-state index contributed by atoms with van der Waals surface area (Å²) in [5.41, 5.74) is 2.91. The SMILES string of the molecule is O=c1nc(OCC2COCCO2)cc2n1CCc1ccccc1-2. The average molecular weight is 314 g/mol. The van der Waals surface area contributed by atoms with Crippen molar-refractivity contribution in [3.05, 3.63) is 46.4 Å². The molecule has 1 aromatic heterocycles. The predicted octanol–water partition coefficient (Wildman–Crippen LogP) is 1.26. The molecule has 0 amide bonds. The molecule has 0 bridgehead atoms. The fraction of sp³-hybridized carbons (Fsp3) is 0.412. The zero-order valence-corrected chi connectivity index (χ0v) is 12.7. The van der Waals surface area contributed by atoms with E-state index >= 15 is 0 Å². The Hall–Kier alpha value is -2.18. The van der Waals surface area contributed by atoms with Gasteiger partial charge in [0.05, 0.1) is 25.5 Å². The lowest BCUT2D eigenvalue weighted by Gasteiger charge is -2.24. The molecule has 3 heterocycles. The molecule has 1 unspecified atom stereocenters. The first-order valence-electron chi connectivity index (χ1n) is 7.83. The smallest absolute Gasteiger partial charge is 0.351 e. The fourth-order valence-electron chi connectivity index (χ4n) is 3.03. The van der Waals surface area contributed by atoms with Crippen LogP contribution < -0.4 is 10.4 Å². The normalized spacial score (nSPS) is 19.7. The molecule has 2 aliphatic rings. The van der Waals surface area contributed by atoms with Crippen molar-refractivity contribution < 1.29 is 14.2 Å². The Kier molecular flexibility index (Phi) is 3.85. The average Bonchev–Trinajstić information content (AvgIpc) is 2.61. The van der Waals surface area contributed by atoms with Crippen molar-refractivity contribution in [1.82, 2.24) is 9.55 Å². The third-order valence-corrected chi connectivity index (χ3v) is 4.19. The van der Waals surface area contributed by atoms with Crippen LogP contribution in [-0.4, -0.2) is 42.1 Å². The number of aryl methyl sites for hydroxylation is 1. The summed E-state index contributed by atoms with van der Waals surface area (Å²) in [6, 6.07) is 9.96. The number of nitrogens with zero attached hydrogens (tertiary/aromatic N) is 2. The standard InChI is InChI=1S/C17H18N2O4/c20-17-18-16(23-11-13-10-21-7-8-22-13)9-15-14-4-2-1-3-12(14)5-6-19(15)17/h1-4,9,13H,5-8,10-11H2. The highest BCUT2D eigenvalue weighted by Gasteiger charge is 2.20. The highest BCUT2D eigenvalue weighted by molar-refractivity contribution is 5.66. The first-order valence-corrected chi connectivity index (χ1v) is 7.83. The van der Waals surface area contributed by atoms with E-state index in [0.29, 0.717) is 38.9 Å². The summed E-state index contributed by atoms with van der Waals surface area (Å²) in [6.07, 6.45) is 0.731. The number of ether oxygens (including phenoxy) is 3. The molecule has 1 saturated heterocycles. The predicted molar refractivity (Wildman–Crippen MR) is 83.7 cm³/mol. The summed E-state index contributed by atoms with van der Waals surface area (Å²) in [5, 5.41) is 0. The van der Waals surface area contributed by atoms with Gasteiger partial charge in [0.1, 0.15) is 12.7 Å². The highest BCUT2D eigenvalue weighted by Crippen LogP contribution is 2.29. The van der Waals surface area contributed by atoms with Gasteiger partial charge >= 0.3 is 5.69 Å². The van der Waals surface area contributed by atoms with Crippen molar-refractivity contribution >= 4 is 0 Å². The third-order valence-electron chi connectivity index (χ3n) is 4.19. The van der Waals surface area contributed by atoms with Crippen molar-refractivity contribution in [1.29, 1.82) is 0 Å². The minimum atomic E-state index is -0.271. The molecule has 2 aliphatic heterocycles. The first kappa shape index (κ1) is 14.4. The first-order chi connectivity index (χ1) is 11.3. The summed E-state index contributed by atoms with van der Waals surface area (Å²) in [6.45, 7) is 2.68. The maximum atomic E-state index is 12.3. The minimum Gasteiger partial charge on any atom is -0.475 e. The van der Waals surface area contributed by atoms with E-state index < -0.39 is 0 Å². The van der Waals surface area contributed by atoms with E-state index in [-0.39, 0.29) is 11.8 Å². The van der Waals surface area contributed by atoms with Gasteiger partial charge < -0.3 is 14.2 Å². The molecule has 0 aliphatic carbocycles. The van der Waals surface area contributed by atoms with E-state index in [4.69, 9.17) is 14.2 Å². The molecular formula is C17H18N2O4. The fourth-order valence-corrected chi connectivity index (χ4v) is 3.03. The van der Waals surface area contributed by atoms with Gasteiger partial charge in [-0.25, -0.2) is 4.79 Å². The van der Waals surface area contributed by atoms with Crippen molar-refractivity contribution in [2.45, 2.75) is 19.1 Å². The number of benzene rings is 1. The Bertz CT molecular complexity index is 765. The van der Waals surface area contributed by atoms with Crippen LogP contribution in [0.2, 0.25) is 0 Å². The molecule has 2 aromatic rings. The summed E-state index contributed by atoms with van der Waals surface area (Å²) < 4.78 is 18.3. The van der Waals surface area contributed by atoms with Gasteiger partial charge in [-0.1, -0.05) is 24.3 Å². The van der Waals surface area contributed by atoms with Crippen LogP contribution >= 0.6 is 0 Å². The van der Waals surface area contributed by atoms with Crippen LogP contribution in [0.3, 0.4) is 0 Å². The van der Waals surface area contributed by atoms with Crippen LogP contribution in [0.25, 0.3) is 11.3 Å². The molecule has 0 radical (unpaired) electrons. The molecule has 1 atom stereocenters. The summed E-state index contributed by atoms with van der Waals surface area (Å²) >= 11 is 0. The van der Waals surface area contributed by atoms with Crippen LogP contribution in [0, 0.1) is 0 Å². The summed E-state index contributed by atoms with van der Waals surface area (Å²) in [4.78, 5) is 16.3. The number of fused-ring (bicyclic) bond motifs is 3. The zero-order chi connectivity index (χ0) is 15.6. The third kappa shape index (κ3) is 2.87. The van der Waals surface area contributed by atoms with Crippen LogP contribution in [-0.2, 0) is 22.4 Å². The van der Waals surface area contributed by atoms with Crippen molar-refractivity contribution in [3.63, 3.8) is 0 Å². The molecule has 4 rings (SSSR count). The number of aromatic nitrogens is 2. The minimum absolute atomic E-state index is 0.114. The van der Waals surface area contributed by atoms with E-state index in [9.17, 15) is 4.79 Å².